The minimum absolute atomic E-state index is 0.290. The van der Waals surface area contributed by atoms with E-state index in [-0.39, 0.29) is 5.91 Å². The maximum absolute atomic E-state index is 12.6. The third-order valence-corrected chi connectivity index (χ3v) is 5.68. The lowest BCUT2D eigenvalue weighted by atomic mass is 10.2. The van der Waals surface area contributed by atoms with Gasteiger partial charge in [-0.15, -0.1) is 0 Å². The smallest absolute Gasteiger partial charge is 0.269 e. The van der Waals surface area contributed by atoms with Crippen LogP contribution in [0.25, 0.3) is 22.4 Å². The van der Waals surface area contributed by atoms with Crippen LogP contribution < -0.4 is 16.6 Å². The average molecular weight is 485 g/mol. The van der Waals surface area contributed by atoms with Gasteiger partial charge in [0.05, 0.1) is 21.7 Å². The van der Waals surface area contributed by atoms with Gasteiger partial charge in [-0.2, -0.15) is 0 Å². The summed E-state index contributed by atoms with van der Waals surface area (Å²) >= 11 is 9.63. The number of benzene rings is 3. The quantitative estimate of drug-likeness (QED) is 0.353. The third-order valence-electron chi connectivity index (χ3n) is 4.82. The predicted molar refractivity (Wildman–Crippen MR) is 124 cm³/mol. The minimum Gasteiger partial charge on any atom is -0.327 e. The van der Waals surface area contributed by atoms with Gasteiger partial charge in [-0.05, 0) is 48.0 Å². The van der Waals surface area contributed by atoms with Crippen LogP contribution in [0.4, 0.5) is 5.69 Å². The van der Waals surface area contributed by atoms with Gasteiger partial charge in [0.25, 0.3) is 5.91 Å². The summed E-state index contributed by atoms with van der Waals surface area (Å²) in [5.74, 6) is 0.542. The van der Waals surface area contributed by atoms with Crippen molar-refractivity contribution in [1.82, 2.24) is 15.0 Å². The van der Waals surface area contributed by atoms with Crippen molar-refractivity contribution in [3.8, 4) is 11.4 Å². The van der Waals surface area contributed by atoms with Crippen LogP contribution in [0.5, 0.6) is 0 Å². The molecule has 0 saturated heterocycles. The number of hydrogen-bond donors (Lipinski definition) is 3. The van der Waals surface area contributed by atoms with Gasteiger partial charge in [0.1, 0.15) is 5.82 Å². The van der Waals surface area contributed by atoms with Crippen molar-refractivity contribution >= 4 is 50.2 Å². The number of nitrogens with zero attached hydrogens (tertiary/aromatic N) is 2. The zero-order chi connectivity index (χ0) is 21.3. The Kier molecular flexibility index (Phi) is 5.76. The number of nitrogens with two attached hydrogens (primary N) is 1. The fourth-order valence-electron chi connectivity index (χ4n) is 3.19. The van der Waals surface area contributed by atoms with Gasteiger partial charge in [0.2, 0.25) is 0 Å². The fraction of sp³-hybridized carbons (Fsp3) is 0.0909. The Labute approximate surface area is 187 Å². The largest absolute Gasteiger partial charge is 0.327 e. The summed E-state index contributed by atoms with van der Waals surface area (Å²) in [5.41, 5.74) is 15.9. The fourth-order valence-corrected chi connectivity index (χ4v) is 3.62. The number of hydrogen-bond acceptors (Lipinski definition) is 4. The summed E-state index contributed by atoms with van der Waals surface area (Å²) in [6.07, 6.45) is 0. The van der Waals surface area contributed by atoms with Crippen LogP contribution in [0.2, 0.25) is 5.02 Å². The molecule has 1 aromatic heterocycles. The van der Waals surface area contributed by atoms with E-state index in [4.69, 9.17) is 22.3 Å². The summed E-state index contributed by atoms with van der Waals surface area (Å²) in [6, 6.07) is 18.8. The molecular weight excluding hydrogens is 466 g/mol. The maximum atomic E-state index is 12.6. The number of carbonyl (C=O) groups excluding carboxylic acids is 1. The van der Waals surface area contributed by atoms with Crippen molar-refractivity contribution < 1.29 is 4.79 Å². The number of hydrazine groups is 1. The van der Waals surface area contributed by atoms with Crippen LogP contribution in [0.3, 0.4) is 0 Å². The third kappa shape index (κ3) is 4.05. The number of aryl methyl sites for hydroxylation is 1. The van der Waals surface area contributed by atoms with E-state index in [0.29, 0.717) is 22.8 Å². The molecule has 0 unspecified atom stereocenters. The lowest BCUT2D eigenvalue weighted by molar-refractivity contribution is 0.0963. The molecule has 3 aromatic carbocycles. The molecule has 4 rings (SSSR count). The van der Waals surface area contributed by atoms with Crippen molar-refractivity contribution in [1.29, 1.82) is 0 Å². The average Bonchev–Trinajstić information content (AvgIpc) is 3.09. The molecule has 0 spiro atoms. The molecule has 4 N–H and O–H groups in total. The summed E-state index contributed by atoms with van der Waals surface area (Å²) in [5, 5.41) is 0.492. The number of nitrogens with one attached hydrogen (secondary N) is 2. The number of aromatic nitrogens is 2. The van der Waals surface area contributed by atoms with E-state index >= 15 is 0 Å². The molecule has 0 atom stereocenters. The number of carbonyl (C=O) groups is 1. The lowest BCUT2D eigenvalue weighted by Gasteiger charge is -2.11. The molecule has 6 nitrogen and oxygen atoms in total. The van der Waals surface area contributed by atoms with Crippen molar-refractivity contribution in [2.75, 3.05) is 5.43 Å². The Hall–Kier alpha value is -2.87. The number of halogens is 2. The first kappa shape index (κ1) is 20.4. The van der Waals surface area contributed by atoms with Crippen LogP contribution in [0, 0.1) is 0 Å². The van der Waals surface area contributed by atoms with Crippen molar-refractivity contribution in [2.24, 2.45) is 12.8 Å². The topological polar surface area (TPSA) is 85.0 Å². The van der Waals surface area contributed by atoms with Gasteiger partial charge in [0.15, 0.2) is 0 Å². The molecule has 1 amide bonds. The normalized spacial score (nSPS) is 10.9. The van der Waals surface area contributed by atoms with Crippen LogP contribution in [0.15, 0.2) is 65.1 Å². The van der Waals surface area contributed by atoms with E-state index in [2.05, 4.69) is 26.8 Å². The van der Waals surface area contributed by atoms with E-state index < -0.39 is 0 Å². The molecule has 0 aliphatic carbocycles. The molecule has 0 saturated carbocycles. The Morgan fingerprint density at radius 3 is 2.63 bits per heavy atom. The molecule has 1 heterocycles. The molecule has 0 aliphatic rings. The van der Waals surface area contributed by atoms with Crippen LogP contribution >= 0.6 is 27.5 Å². The number of imidazole rings is 1. The lowest BCUT2D eigenvalue weighted by Crippen LogP contribution is -2.29. The van der Waals surface area contributed by atoms with E-state index in [1.54, 1.807) is 24.3 Å². The van der Waals surface area contributed by atoms with Gasteiger partial charge in [-0.25, -0.2) is 4.98 Å². The molecule has 0 aliphatic heterocycles. The number of rotatable bonds is 5. The zero-order valence-electron chi connectivity index (χ0n) is 16.1. The van der Waals surface area contributed by atoms with E-state index in [1.807, 2.05) is 48.0 Å². The molecule has 0 bridgehead atoms. The van der Waals surface area contributed by atoms with Gasteiger partial charge in [-0.3, -0.25) is 15.6 Å². The Morgan fingerprint density at radius 1 is 1.13 bits per heavy atom. The van der Waals surface area contributed by atoms with Gasteiger partial charge in [0, 0.05) is 29.2 Å². The van der Waals surface area contributed by atoms with Gasteiger partial charge >= 0.3 is 0 Å². The standard InChI is InChI=1S/C22H19BrClN5O/c1-29-20-9-5-15(11-19(20)26-21(29)14-3-6-16(23)7-4-14)22(30)28-27-18-10-13(12-25)2-8-17(18)24/h2-11,27H,12,25H2,1H3,(H,28,30). The van der Waals surface area contributed by atoms with Crippen molar-refractivity contribution in [3.05, 3.63) is 81.3 Å². The predicted octanol–water partition coefficient (Wildman–Crippen LogP) is 4.87. The van der Waals surface area contributed by atoms with Crippen LogP contribution in [-0.4, -0.2) is 15.5 Å². The maximum Gasteiger partial charge on any atom is 0.269 e. The van der Waals surface area contributed by atoms with Crippen LogP contribution in [0.1, 0.15) is 15.9 Å². The molecule has 152 valence electrons. The van der Waals surface area contributed by atoms with Gasteiger partial charge in [-0.1, -0.05) is 45.7 Å². The molecule has 4 aromatic rings. The van der Waals surface area contributed by atoms with Gasteiger partial charge < -0.3 is 10.3 Å². The van der Waals surface area contributed by atoms with Crippen LogP contribution in [-0.2, 0) is 13.6 Å². The zero-order valence-corrected chi connectivity index (χ0v) is 18.5. The second-order valence-corrected chi connectivity index (χ2v) is 8.13. The monoisotopic (exact) mass is 483 g/mol. The Balaban J connectivity index is 1.57. The first-order valence-corrected chi connectivity index (χ1v) is 10.4. The second kappa shape index (κ2) is 8.47. The van der Waals surface area contributed by atoms with Crippen molar-refractivity contribution in [2.45, 2.75) is 6.54 Å². The molecule has 8 heteroatoms. The van der Waals surface area contributed by atoms with Crippen molar-refractivity contribution in [3.63, 3.8) is 0 Å². The summed E-state index contributed by atoms with van der Waals surface area (Å²) < 4.78 is 3.02. The number of anilines is 1. The molecule has 0 fully saturated rings. The highest BCUT2D eigenvalue weighted by molar-refractivity contribution is 9.10. The highest BCUT2D eigenvalue weighted by Gasteiger charge is 2.13. The first-order valence-electron chi connectivity index (χ1n) is 9.23. The molecule has 0 radical (unpaired) electrons. The SMILES string of the molecule is Cn1c(-c2ccc(Br)cc2)nc2cc(C(=O)NNc3cc(CN)ccc3Cl)ccc21. The summed E-state index contributed by atoms with van der Waals surface area (Å²) in [6.45, 7) is 0.386. The Bertz CT molecular complexity index is 1240. The second-order valence-electron chi connectivity index (χ2n) is 6.80. The summed E-state index contributed by atoms with van der Waals surface area (Å²) in [4.78, 5) is 17.4. The first-order chi connectivity index (χ1) is 14.5. The molecular formula is C22H19BrClN5O. The highest BCUT2D eigenvalue weighted by atomic mass is 79.9. The minimum atomic E-state index is -0.290. The molecule has 30 heavy (non-hydrogen) atoms. The van der Waals surface area contributed by atoms with E-state index in [9.17, 15) is 4.79 Å². The summed E-state index contributed by atoms with van der Waals surface area (Å²) in [7, 11) is 1.96. The van der Waals surface area contributed by atoms with E-state index in [1.165, 1.54) is 0 Å². The van der Waals surface area contributed by atoms with E-state index in [0.717, 1.165) is 32.5 Å². The number of amides is 1. The Morgan fingerprint density at radius 2 is 1.90 bits per heavy atom. The highest BCUT2D eigenvalue weighted by Crippen LogP contribution is 2.26. The number of fused-ring (bicyclic) bond motifs is 1.